The Bertz CT molecular complexity index is 2800. The molecule has 7 saturated heterocycles. The van der Waals surface area contributed by atoms with Crippen LogP contribution in [0.15, 0.2) is 36.8 Å². The van der Waals surface area contributed by atoms with Crippen molar-refractivity contribution < 1.29 is 167 Å². The van der Waals surface area contributed by atoms with E-state index in [-0.39, 0.29) is 85.0 Å². The van der Waals surface area contributed by atoms with Crippen LogP contribution in [0, 0.1) is 48.9 Å². The minimum Gasteiger partial charge on any atom is -0.463 e. The van der Waals surface area contributed by atoms with Gasteiger partial charge in [0.05, 0.1) is 12.4 Å². The number of rotatable bonds is 19. The SMILES string of the molecule is C#CCCCOC(=O)C1COC(=O)O1.C#CCCOC(=O)C1COC(=O)O1.C#CCOC(=O)C1COC(=O)O1.C=C(C)COC(=O)C1COC(=O)O1.C=C(C)OC(=O)C1COC(=O)O1.C=C(CC)OC(=O)C1COC(=O)O1.CC#CCOC(=O)C1COC(=O)O1. The first-order valence-corrected chi connectivity index (χ1v) is 25.6. The van der Waals surface area contributed by atoms with E-state index in [2.05, 4.69) is 135 Å². The molecule has 7 atom stereocenters. The van der Waals surface area contributed by atoms with Crippen molar-refractivity contribution in [3.05, 3.63) is 36.8 Å². The van der Waals surface area contributed by atoms with Crippen molar-refractivity contribution in [1.82, 2.24) is 0 Å². The monoisotopic (exact) mass is 1280 g/mol. The Morgan fingerprint density at radius 3 is 1.03 bits per heavy atom. The van der Waals surface area contributed by atoms with Gasteiger partial charge in [-0.1, -0.05) is 38.5 Å². The summed E-state index contributed by atoms with van der Waals surface area (Å²) >= 11 is 0. The van der Waals surface area contributed by atoms with Gasteiger partial charge in [-0.3, -0.25) is 0 Å². The van der Waals surface area contributed by atoms with Crippen LogP contribution >= 0.6 is 0 Å². The van der Waals surface area contributed by atoms with E-state index in [9.17, 15) is 67.1 Å². The van der Waals surface area contributed by atoms with Gasteiger partial charge in [-0.2, -0.15) is 0 Å². The molecule has 0 spiro atoms. The smallest absolute Gasteiger partial charge is 0.463 e. The molecule has 0 aromatic heterocycles. The van der Waals surface area contributed by atoms with Crippen molar-refractivity contribution in [3.63, 3.8) is 0 Å². The molecule has 7 aliphatic rings. The predicted octanol–water partition coefficient (Wildman–Crippen LogP) is 2.58. The van der Waals surface area contributed by atoms with Crippen molar-refractivity contribution >= 4 is 84.9 Å². The molecule has 0 aromatic carbocycles. The van der Waals surface area contributed by atoms with Gasteiger partial charge in [-0.25, -0.2) is 67.1 Å². The number of hydrogen-bond acceptors (Lipinski definition) is 35. The Morgan fingerprint density at radius 2 is 0.744 bits per heavy atom. The molecule has 0 aliphatic carbocycles. The first-order valence-electron chi connectivity index (χ1n) is 25.6. The van der Waals surface area contributed by atoms with Gasteiger partial charge in [0, 0.05) is 19.3 Å². The van der Waals surface area contributed by atoms with Gasteiger partial charge in [-0.15, -0.1) is 37.0 Å². The molecule has 0 amide bonds. The molecule has 0 aromatic rings. The summed E-state index contributed by atoms with van der Waals surface area (Å²) in [5.41, 5.74) is 0.721. The third kappa shape index (κ3) is 33.4. The Morgan fingerprint density at radius 1 is 0.433 bits per heavy atom. The van der Waals surface area contributed by atoms with Crippen molar-refractivity contribution in [3.8, 4) is 48.9 Å². The fourth-order valence-electron chi connectivity index (χ4n) is 5.13. The van der Waals surface area contributed by atoms with Gasteiger partial charge in [0.1, 0.15) is 65.2 Å². The molecule has 35 heteroatoms. The van der Waals surface area contributed by atoms with Crippen molar-refractivity contribution in [2.24, 2.45) is 0 Å². The molecule has 90 heavy (non-hydrogen) atoms. The van der Waals surface area contributed by atoms with Gasteiger partial charge in [0.2, 0.25) is 42.7 Å². The summed E-state index contributed by atoms with van der Waals surface area (Å²) in [6.45, 7) is 16.8. The molecule has 7 rings (SSSR count). The van der Waals surface area contributed by atoms with Gasteiger partial charge in [-0.05, 0) is 32.8 Å². The van der Waals surface area contributed by atoms with Gasteiger partial charge < -0.3 is 99.5 Å². The van der Waals surface area contributed by atoms with Crippen LogP contribution in [-0.4, -0.2) is 207 Å². The molecule has 0 saturated carbocycles. The number of esters is 7. The zero-order valence-electron chi connectivity index (χ0n) is 48.5. The van der Waals surface area contributed by atoms with Gasteiger partial charge >= 0.3 is 84.9 Å². The number of unbranched alkanes of at least 4 members (excludes halogenated alkanes) is 1. The number of ether oxygens (including phenoxy) is 21. The summed E-state index contributed by atoms with van der Waals surface area (Å²) in [5, 5.41) is 0. The topological polar surface area (TPSA) is 433 Å². The number of cyclic esters (lactones) is 14. The van der Waals surface area contributed by atoms with Crippen LogP contribution in [0.2, 0.25) is 0 Å². The molecule has 35 nitrogen and oxygen atoms in total. The van der Waals surface area contributed by atoms with Crippen LogP contribution in [0.3, 0.4) is 0 Å². The summed E-state index contributed by atoms with van der Waals surface area (Å²) in [5.74, 6) is 8.09. The van der Waals surface area contributed by atoms with Crippen LogP contribution < -0.4 is 0 Å². The first-order chi connectivity index (χ1) is 42.8. The Hall–Kier alpha value is -11.4. The molecular weight excluding hydrogens is 1220 g/mol. The van der Waals surface area contributed by atoms with E-state index >= 15 is 0 Å². The molecular formula is C55H60O35. The third-order valence-corrected chi connectivity index (χ3v) is 9.31. The summed E-state index contributed by atoms with van der Waals surface area (Å²) in [6, 6.07) is 0. The minimum absolute atomic E-state index is 0.00336. The average molecular weight is 1280 g/mol. The Kier molecular flexibility index (Phi) is 36.9. The standard InChI is InChI=1S/C9H10O5.2C8H10O5.2C8H8O5.C7H8O5.C7H6O5/c1-2-3-4-5-12-8(10)7-6-13-9(11)14-7;1-5(2)3-11-7(9)6-4-12-8(10)13-6;1-3-5(2)12-7(9)6-4-11-8(10)13-6;2*1-2-3-4-11-7(9)6-5-12-8(10)13-6;1-4(2)11-6(8)5-3-10-7(9)12-5;1-2-3-10-6(8)5-4-11-7(9)12-5/h1,7H,3-6H2;6H,1,3-4H2,2H3;6H,2-4H2,1H3;6H,4-5H2,1H3;1,6H,3-5H2;5H,1,3H2,2H3;1,5H,3-4H2. The van der Waals surface area contributed by atoms with Gasteiger partial charge in [0.15, 0.2) is 13.2 Å². The van der Waals surface area contributed by atoms with Crippen molar-refractivity contribution in [2.45, 2.75) is 96.1 Å². The van der Waals surface area contributed by atoms with Crippen LogP contribution in [0.25, 0.3) is 0 Å². The van der Waals surface area contributed by atoms with E-state index < -0.39 is 128 Å². The zero-order valence-corrected chi connectivity index (χ0v) is 48.5. The second-order valence-electron chi connectivity index (χ2n) is 16.6. The molecule has 7 heterocycles. The fraction of sp³-hybridized carbons (Fsp3) is 0.491. The highest BCUT2D eigenvalue weighted by molar-refractivity contribution is 5.83. The summed E-state index contributed by atoms with van der Waals surface area (Å²) < 4.78 is 94.7. The maximum atomic E-state index is 11.1. The normalized spacial score (nSPS) is 20.1. The van der Waals surface area contributed by atoms with Crippen molar-refractivity contribution in [1.29, 1.82) is 0 Å². The lowest BCUT2D eigenvalue weighted by Crippen LogP contribution is -2.25. The largest absolute Gasteiger partial charge is 0.509 e. The van der Waals surface area contributed by atoms with Crippen LogP contribution in [0.5, 0.6) is 0 Å². The number of carbonyl (C=O) groups excluding carboxylic acids is 14. The average Bonchev–Trinajstić information content (AvgIpc) is 4.45. The highest BCUT2D eigenvalue weighted by Gasteiger charge is 2.38. The number of allylic oxidation sites excluding steroid dienone is 2. The van der Waals surface area contributed by atoms with Crippen LogP contribution in [-0.2, 0) is 133 Å². The second kappa shape index (κ2) is 43.3. The minimum atomic E-state index is -0.967. The first kappa shape index (κ1) is 76.7. The van der Waals surface area contributed by atoms with E-state index in [0.717, 1.165) is 5.57 Å². The van der Waals surface area contributed by atoms with E-state index in [1.165, 1.54) is 6.92 Å². The molecule has 0 N–H and O–H groups in total. The molecule has 0 bridgehead atoms. The molecule has 490 valence electrons. The molecule has 7 unspecified atom stereocenters. The van der Waals surface area contributed by atoms with E-state index in [0.29, 0.717) is 31.4 Å². The third-order valence-electron chi connectivity index (χ3n) is 9.31. The zero-order chi connectivity index (χ0) is 67.6. The Balaban J connectivity index is 0.000000525. The summed E-state index contributed by atoms with van der Waals surface area (Å²) in [7, 11) is 0. The van der Waals surface area contributed by atoms with E-state index in [1.807, 2.05) is 0 Å². The second-order valence-corrected chi connectivity index (χ2v) is 16.6. The lowest BCUT2D eigenvalue weighted by atomic mass is 10.3. The maximum Gasteiger partial charge on any atom is 0.509 e. The number of terminal acetylenes is 3. The predicted molar refractivity (Wildman–Crippen MR) is 283 cm³/mol. The van der Waals surface area contributed by atoms with Gasteiger partial charge in [0.25, 0.3) is 0 Å². The van der Waals surface area contributed by atoms with Crippen molar-refractivity contribution in [2.75, 3.05) is 79.3 Å². The Labute approximate surface area is 511 Å². The van der Waals surface area contributed by atoms with E-state index in [4.69, 9.17) is 33.5 Å². The van der Waals surface area contributed by atoms with Crippen LogP contribution in [0.1, 0.15) is 53.4 Å². The summed E-state index contributed by atoms with van der Waals surface area (Å²) in [4.78, 5) is 150. The molecule has 7 aliphatic heterocycles. The lowest BCUT2D eigenvalue weighted by molar-refractivity contribution is -0.152. The highest BCUT2D eigenvalue weighted by atomic mass is 16.8. The lowest BCUT2D eigenvalue weighted by Gasteiger charge is -2.07. The number of hydrogen-bond donors (Lipinski definition) is 0. The highest BCUT2D eigenvalue weighted by Crippen LogP contribution is 2.14. The summed E-state index contributed by atoms with van der Waals surface area (Å²) in [6.07, 6.45) is 4.30. The quantitative estimate of drug-likeness (QED) is 0.0448. The van der Waals surface area contributed by atoms with E-state index in [1.54, 1.807) is 20.8 Å². The molecule has 7 fully saturated rings. The molecule has 0 radical (unpaired) electrons. The maximum absolute atomic E-state index is 11.1. The van der Waals surface area contributed by atoms with Crippen LogP contribution in [0.4, 0.5) is 33.6 Å². The number of carbonyl (C=O) groups is 14. The fourth-order valence-corrected chi connectivity index (χ4v) is 5.13.